The van der Waals surface area contributed by atoms with E-state index in [1.54, 1.807) is 0 Å². The van der Waals surface area contributed by atoms with E-state index in [-0.39, 0.29) is 31.1 Å². The lowest BCUT2D eigenvalue weighted by Crippen LogP contribution is -2.30. The van der Waals surface area contributed by atoms with E-state index in [0.29, 0.717) is 19.3 Å². The Hall–Kier alpha value is -2.63. The molecule has 0 aromatic carbocycles. The van der Waals surface area contributed by atoms with Crippen LogP contribution in [0, 0.1) is 0 Å². The van der Waals surface area contributed by atoms with E-state index < -0.39 is 6.10 Å². The molecule has 0 saturated heterocycles. The molecule has 0 aromatic rings. The Morgan fingerprint density at radius 2 is 0.709 bits per heavy atom. The standard InChI is InChI=1S/C49H86O6/c1-4-7-10-13-15-16-17-18-19-20-21-22-23-24-25-26-27-28-29-30-31-32-34-36-39-42-48(51)54-45-46(44-53-47(50)41-38-35-12-9-6-3)55-49(52)43-40-37-33-14-11-8-5-2/h7,10,15-16,18-19,21-22,46H,4-6,8-9,11-14,17,20,23-45H2,1-3H3/b10-7-,16-15-,19-18-,22-21-. The van der Waals surface area contributed by atoms with Gasteiger partial charge in [-0.05, 0) is 57.8 Å². The second kappa shape index (κ2) is 44.1. The molecule has 0 rings (SSSR count). The number of carbonyl (C=O) groups excluding carboxylic acids is 3. The maximum Gasteiger partial charge on any atom is 0.306 e. The van der Waals surface area contributed by atoms with Crippen molar-refractivity contribution in [2.24, 2.45) is 0 Å². The molecule has 318 valence electrons. The molecule has 0 aliphatic heterocycles. The number of unbranched alkanes of at least 4 members (excludes halogenated alkanes) is 22. The van der Waals surface area contributed by atoms with Crippen LogP contribution in [0.15, 0.2) is 48.6 Å². The van der Waals surface area contributed by atoms with Crippen LogP contribution in [-0.2, 0) is 28.6 Å². The maximum atomic E-state index is 12.5. The van der Waals surface area contributed by atoms with Crippen LogP contribution in [0.25, 0.3) is 0 Å². The monoisotopic (exact) mass is 771 g/mol. The molecule has 0 aliphatic carbocycles. The van der Waals surface area contributed by atoms with E-state index >= 15 is 0 Å². The molecule has 0 aliphatic rings. The molecule has 6 heteroatoms. The highest BCUT2D eigenvalue weighted by Gasteiger charge is 2.19. The van der Waals surface area contributed by atoms with Crippen molar-refractivity contribution in [3.63, 3.8) is 0 Å². The van der Waals surface area contributed by atoms with E-state index in [1.165, 1.54) is 96.3 Å². The molecule has 0 N–H and O–H groups in total. The number of hydrogen-bond acceptors (Lipinski definition) is 6. The highest BCUT2D eigenvalue weighted by atomic mass is 16.6. The molecule has 1 unspecified atom stereocenters. The number of rotatable bonds is 41. The lowest BCUT2D eigenvalue weighted by molar-refractivity contribution is -0.167. The summed E-state index contributed by atoms with van der Waals surface area (Å²) in [6.07, 6.45) is 51.5. The highest BCUT2D eigenvalue weighted by molar-refractivity contribution is 5.71. The number of hydrogen-bond donors (Lipinski definition) is 0. The van der Waals surface area contributed by atoms with Crippen LogP contribution in [0.5, 0.6) is 0 Å². The summed E-state index contributed by atoms with van der Waals surface area (Å²) in [7, 11) is 0. The summed E-state index contributed by atoms with van der Waals surface area (Å²) >= 11 is 0. The van der Waals surface area contributed by atoms with Gasteiger partial charge in [0, 0.05) is 19.3 Å². The molecule has 0 bridgehead atoms. The van der Waals surface area contributed by atoms with Crippen molar-refractivity contribution < 1.29 is 28.6 Å². The SMILES string of the molecule is CC/C=C\C/C=C\C/C=C\C/C=C\CCCCCCCCCCCCCCC(=O)OCC(COC(=O)CCCCCCC)OC(=O)CCCCCCCCC. The lowest BCUT2D eigenvalue weighted by Gasteiger charge is -2.18. The highest BCUT2D eigenvalue weighted by Crippen LogP contribution is 2.15. The number of carbonyl (C=O) groups is 3. The van der Waals surface area contributed by atoms with Crippen LogP contribution in [0.1, 0.15) is 226 Å². The van der Waals surface area contributed by atoms with Gasteiger partial charge in [-0.25, -0.2) is 0 Å². The Labute approximate surface area is 339 Å². The summed E-state index contributed by atoms with van der Waals surface area (Å²) in [5.41, 5.74) is 0. The van der Waals surface area contributed by atoms with Crippen LogP contribution in [0.3, 0.4) is 0 Å². The van der Waals surface area contributed by atoms with Crippen LogP contribution < -0.4 is 0 Å². The minimum atomic E-state index is -0.763. The van der Waals surface area contributed by atoms with Crippen molar-refractivity contribution in [1.82, 2.24) is 0 Å². The Morgan fingerprint density at radius 1 is 0.382 bits per heavy atom. The molecule has 1 atom stereocenters. The molecule has 0 aromatic heterocycles. The third-order valence-corrected chi connectivity index (χ3v) is 9.85. The van der Waals surface area contributed by atoms with Crippen molar-refractivity contribution >= 4 is 17.9 Å². The van der Waals surface area contributed by atoms with Gasteiger partial charge in [-0.1, -0.05) is 198 Å². The van der Waals surface area contributed by atoms with Crippen molar-refractivity contribution in [3.05, 3.63) is 48.6 Å². The first-order chi connectivity index (χ1) is 27.0. The smallest absolute Gasteiger partial charge is 0.306 e. The molecule has 0 saturated carbocycles. The van der Waals surface area contributed by atoms with Crippen molar-refractivity contribution in [3.8, 4) is 0 Å². The summed E-state index contributed by atoms with van der Waals surface area (Å²) in [6, 6.07) is 0. The average molecular weight is 771 g/mol. The normalized spacial score (nSPS) is 12.4. The van der Waals surface area contributed by atoms with E-state index in [2.05, 4.69) is 69.4 Å². The van der Waals surface area contributed by atoms with Crippen LogP contribution in [0.4, 0.5) is 0 Å². The van der Waals surface area contributed by atoms with Gasteiger partial charge >= 0.3 is 17.9 Å². The van der Waals surface area contributed by atoms with Gasteiger partial charge in [0.1, 0.15) is 13.2 Å². The first kappa shape index (κ1) is 52.4. The average Bonchev–Trinajstić information content (AvgIpc) is 3.18. The quantitative estimate of drug-likeness (QED) is 0.0267. The molecule has 0 spiro atoms. The summed E-state index contributed by atoms with van der Waals surface area (Å²) in [5, 5.41) is 0. The second-order valence-electron chi connectivity index (χ2n) is 15.3. The zero-order valence-corrected chi connectivity index (χ0v) is 36.2. The van der Waals surface area contributed by atoms with Gasteiger partial charge in [0.15, 0.2) is 6.10 Å². The molecule has 55 heavy (non-hydrogen) atoms. The zero-order chi connectivity index (χ0) is 40.1. The fraction of sp³-hybridized carbons (Fsp3) is 0.776. The molecule has 0 amide bonds. The Kier molecular flexibility index (Phi) is 42.0. The fourth-order valence-electron chi connectivity index (χ4n) is 6.37. The first-order valence-corrected chi connectivity index (χ1v) is 23.1. The first-order valence-electron chi connectivity index (χ1n) is 23.1. The Bertz CT molecular complexity index is 980. The van der Waals surface area contributed by atoms with Gasteiger partial charge in [0.05, 0.1) is 0 Å². The fourth-order valence-corrected chi connectivity index (χ4v) is 6.37. The zero-order valence-electron chi connectivity index (χ0n) is 36.2. The van der Waals surface area contributed by atoms with Gasteiger partial charge in [-0.15, -0.1) is 0 Å². The van der Waals surface area contributed by atoms with Crippen molar-refractivity contribution in [2.45, 2.75) is 232 Å². The number of esters is 3. The van der Waals surface area contributed by atoms with Crippen LogP contribution >= 0.6 is 0 Å². The molecule has 0 fully saturated rings. The largest absolute Gasteiger partial charge is 0.462 e. The molecular formula is C49H86O6. The van der Waals surface area contributed by atoms with Crippen LogP contribution in [-0.4, -0.2) is 37.2 Å². The van der Waals surface area contributed by atoms with Crippen LogP contribution in [0.2, 0.25) is 0 Å². The summed E-state index contributed by atoms with van der Waals surface area (Å²) in [6.45, 7) is 6.39. The molecule has 0 radical (unpaired) electrons. The molecule has 0 heterocycles. The van der Waals surface area contributed by atoms with Gasteiger partial charge in [-0.2, -0.15) is 0 Å². The maximum absolute atomic E-state index is 12.5. The minimum absolute atomic E-state index is 0.0728. The summed E-state index contributed by atoms with van der Waals surface area (Å²) in [5.74, 6) is -0.896. The molecular weight excluding hydrogens is 685 g/mol. The second-order valence-corrected chi connectivity index (χ2v) is 15.3. The Balaban J connectivity index is 3.97. The summed E-state index contributed by atoms with van der Waals surface area (Å²) < 4.78 is 16.5. The van der Waals surface area contributed by atoms with E-state index in [9.17, 15) is 14.4 Å². The Morgan fingerprint density at radius 3 is 1.11 bits per heavy atom. The lowest BCUT2D eigenvalue weighted by atomic mass is 10.0. The number of ether oxygens (including phenoxy) is 3. The molecule has 6 nitrogen and oxygen atoms in total. The van der Waals surface area contributed by atoms with Crippen molar-refractivity contribution in [1.29, 1.82) is 0 Å². The van der Waals surface area contributed by atoms with Crippen molar-refractivity contribution in [2.75, 3.05) is 13.2 Å². The number of allylic oxidation sites excluding steroid dienone is 8. The topological polar surface area (TPSA) is 78.9 Å². The third-order valence-electron chi connectivity index (χ3n) is 9.85. The van der Waals surface area contributed by atoms with E-state index in [1.807, 2.05) is 0 Å². The predicted molar refractivity (Wildman–Crippen MR) is 233 cm³/mol. The minimum Gasteiger partial charge on any atom is -0.462 e. The van der Waals surface area contributed by atoms with Gasteiger partial charge in [0.25, 0.3) is 0 Å². The van der Waals surface area contributed by atoms with E-state index in [0.717, 1.165) is 89.9 Å². The predicted octanol–water partition coefficient (Wildman–Crippen LogP) is 14.8. The third kappa shape index (κ3) is 42.4. The van der Waals surface area contributed by atoms with E-state index in [4.69, 9.17) is 14.2 Å². The van der Waals surface area contributed by atoms with Gasteiger partial charge in [0.2, 0.25) is 0 Å². The van der Waals surface area contributed by atoms with Gasteiger partial charge in [-0.3, -0.25) is 14.4 Å². The summed E-state index contributed by atoms with van der Waals surface area (Å²) in [4.78, 5) is 37.3. The van der Waals surface area contributed by atoms with Gasteiger partial charge < -0.3 is 14.2 Å².